The predicted molar refractivity (Wildman–Crippen MR) is 93.8 cm³/mol. The van der Waals surface area contributed by atoms with Gasteiger partial charge in [0.2, 0.25) is 0 Å². The Kier molecular flexibility index (Phi) is 3.20. The Bertz CT molecular complexity index is 974. The molecule has 0 aliphatic rings. The number of hydrogen-bond acceptors (Lipinski definition) is 6. The second-order valence-corrected chi connectivity index (χ2v) is 6.98. The van der Waals surface area contributed by atoms with E-state index in [1.54, 1.807) is 29.8 Å². The fraction of sp³-hybridized carbons (Fsp3) is 0.125. The third kappa shape index (κ3) is 2.30. The molecule has 2 aromatic heterocycles. The van der Waals surface area contributed by atoms with Gasteiger partial charge >= 0.3 is 0 Å². The topological polar surface area (TPSA) is 47.0 Å². The van der Waals surface area contributed by atoms with Crippen molar-refractivity contribution in [2.24, 2.45) is 0 Å². The molecule has 0 saturated heterocycles. The van der Waals surface area contributed by atoms with Crippen molar-refractivity contribution < 1.29 is 4.74 Å². The molecule has 0 atom stereocenters. The maximum absolute atomic E-state index is 5.24. The number of hydrogen-bond donors (Lipinski definition) is 1. The molecule has 0 bridgehead atoms. The summed E-state index contributed by atoms with van der Waals surface area (Å²) < 4.78 is 7.55. The fourth-order valence-corrected chi connectivity index (χ4v) is 4.17. The average molecular weight is 327 g/mol. The van der Waals surface area contributed by atoms with Gasteiger partial charge in [-0.25, -0.2) is 9.97 Å². The van der Waals surface area contributed by atoms with Crippen LogP contribution in [-0.2, 0) is 0 Å². The summed E-state index contributed by atoms with van der Waals surface area (Å²) in [4.78, 5) is 9.26. The third-order valence-electron chi connectivity index (χ3n) is 3.43. The molecule has 0 aliphatic heterocycles. The standard InChI is InChI=1S/C16H13N3OS2/c1-9-4-3-5-13-14(9)18-16(22-13)19-15-17-11-8-10(20-2)6-7-12(11)21-15/h3-8H,1-2H3,(H,17,18,19). The van der Waals surface area contributed by atoms with Gasteiger partial charge in [0, 0.05) is 6.07 Å². The van der Waals surface area contributed by atoms with Gasteiger partial charge in [-0.15, -0.1) is 0 Å². The first kappa shape index (κ1) is 13.5. The summed E-state index contributed by atoms with van der Waals surface area (Å²) in [6.07, 6.45) is 0. The number of nitrogens with zero attached hydrogens (tertiary/aromatic N) is 2. The monoisotopic (exact) mass is 327 g/mol. The van der Waals surface area contributed by atoms with E-state index in [2.05, 4.69) is 40.4 Å². The quantitative estimate of drug-likeness (QED) is 0.577. The van der Waals surface area contributed by atoms with Crippen molar-refractivity contribution in [2.75, 3.05) is 12.4 Å². The van der Waals surface area contributed by atoms with E-state index in [1.807, 2.05) is 18.2 Å². The van der Waals surface area contributed by atoms with E-state index in [9.17, 15) is 0 Å². The Morgan fingerprint density at radius 2 is 1.82 bits per heavy atom. The van der Waals surface area contributed by atoms with Gasteiger partial charge in [0.05, 0.1) is 27.5 Å². The minimum absolute atomic E-state index is 0.819. The van der Waals surface area contributed by atoms with Gasteiger partial charge < -0.3 is 10.1 Å². The van der Waals surface area contributed by atoms with Crippen molar-refractivity contribution in [3.05, 3.63) is 42.0 Å². The number of rotatable bonds is 3. The van der Waals surface area contributed by atoms with E-state index in [1.165, 1.54) is 10.3 Å². The summed E-state index contributed by atoms with van der Waals surface area (Å²) in [5.41, 5.74) is 3.18. The van der Waals surface area contributed by atoms with Crippen LogP contribution in [-0.4, -0.2) is 17.1 Å². The number of ether oxygens (including phenoxy) is 1. The van der Waals surface area contributed by atoms with Crippen LogP contribution in [0.4, 0.5) is 10.3 Å². The van der Waals surface area contributed by atoms with E-state index < -0.39 is 0 Å². The molecule has 2 aromatic carbocycles. The third-order valence-corrected chi connectivity index (χ3v) is 5.32. The second kappa shape index (κ2) is 5.23. The molecule has 0 aliphatic carbocycles. The lowest BCUT2D eigenvalue weighted by Gasteiger charge is -1.96. The van der Waals surface area contributed by atoms with Crippen molar-refractivity contribution in [3.63, 3.8) is 0 Å². The van der Waals surface area contributed by atoms with E-state index in [0.29, 0.717) is 0 Å². The molecule has 1 N–H and O–H groups in total. The molecular formula is C16H13N3OS2. The number of anilines is 2. The van der Waals surface area contributed by atoms with Crippen LogP contribution in [0, 0.1) is 6.92 Å². The number of nitrogens with one attached hydrogen (secondary N) is 1. The molecule has 2 heterocycles. The number of benzene rings is 2. The largest absolute Gasteiger partial charge is 0.497 e. The normalized spacial score (nSPS) is 11.2. The summed E-state index contributed by atoms with van der Waals surface area (Å²) in [7, 11) is 1.66. The smallest absolute Gasteiger partial charge is 0.190 e. The zero-order valence-corrected chi connectivity index (χ0v) is 13.7. The molecule has 4 rings (SSSR count). The number of thiazole rings is 2. The van der Waals surface area contributed by atoms with E-state index in [-0.39, 0.29) is 0 Å². The van der Waals surface area contributed by atoms with Crippen LogP contribution in [0.1, 0.15) is 5.56 Å². The van der Waals surface area contributed by atoms with Crippen molar-refractivity contribution >= 4 is 53.4 Å². The summed E-state index contributed by atoms with van der Waals surface area (Å²) in [6.45, 7) is 2.08. The van der Waals surface area contributed by atoms with Crippen molar-refractivity contribution in [1.29, 1.82) is 0 Å². The highest BCUT2D eigenvalue weighted by atomic mass is 32.1. The first-order chi connectivity index (χ1) is 10.7. The second-order valence-electron chi connectivity index (χ2n) is 4.92. The molecule has 4 nitrogen and oxygen atoms in total. The zero-order chi connectivity index (χ0) is 15.1. The van der Waals surface area contributed by atoms with E-state index in [4.69, 9.17) is 4.74 Å². The first-order valence-electron chi connectivity index (χ1n) is 6.81. The van der Waals surface area contributed by atoms with Crippen molar-refractivity contribution in [2.45, 2.75) is 6.92 Å². The minimum Gasteiger partial charge on any atom is -0.497 e. The summed E-state index contributed by atoms with van der Waals surface area (Å²) in [5.74, 6) is 0.819. The van der Waals surface area contributed by atoms with Crippen LogP contribution in [0.15, 0.2) is 36.4 Å². The van der Waals surface area contributed by atoms with Crippen molar-refractivity contribution in [1.82, 2.24) is 9.97 Å². The molecule has 0 amide bonds. The lowest BCUT2D eigenvalue weighted by atomic mass is 10.2. The molecule has 110 valence electrons. The number of fused-ring (bicyclic) bond motifs is 2. The van der Waals surface area contributed by atoms with Gasteiger partial charge in [0.25, 0.3) is 0 Å². The van der Waals surface area contributed by atoms with Gasteiger partial charge in [-0.3, -0.25) is 0 Å². The Labute approximate surface area is 135 Å². The Balaban J connectivity index is 1.70. The molecule has 4 aromatic rings. The highest BCUT2D eigenvalue weighted by Gasteiger charge is 2.09. The maximum atomic E-state index is 5.24. The Morgan fingerprint density at radius 1 is 1.00 bits per heavy atom. The van der Waals surface area contributed by atoms with Crippen molar-refractivity contribution in [3.8, 4) is 5.75 Å². The minimum atomic E-state index is 0.819. The van der Waals surface area contributed by atoms with Crippen LogP contribution in [0.5, 0.6) is 5.75 Å². The van der Waals surface area contributed by atoms with Gasteiger partial charge in [-0.1, -0.05) is 34.8 Å². The number of methoxy groups -OCH3 is 1. The summed E-state index contributed by atoms with van der Waals surface area (Å²) >= 11 is 3.26. The lowest BCUT2D eigenvalue weighted by molar-refractivity contribution is 0.415. The fourth-order valence-electron chi connectivity index (χ4n) is 2.32. The van der Waals surface area contributed by atoms with E-state index >= 15 is 0 Å². The predicted octanol–water partition coefficient (Wildman–Crippen LogP) is 4.97. The number of aromatic nitrogens is 2. The SMILES string of the molecule is COc1ccc2sc(Nc3nc4c(C)cccc4s3)nc2c1. The van der Waals surface area contributed by atoms with Crippen LogP contribution >= 0.6 is 22.7 Å². The number of aryl methyl sites for hydroxylation is 1. The van der Waals surface area contributed by atoms with Crippen LogP contribution in [0.2, 0.25) is 0 Å². The van der Waals surface area contributed by atoms with Gasteiger partial charge in [0.1, 0.15) is 5.75 Å². The number of para-hydroxylation sites is 1. The van der Waals surface area contributed by atoms with Crippen LogP contribution in [0.25, 0.3) is 20.4 Å². The highest BCUT2D eigenvalue weighted by Crippen LogP contribution is 2.34. The molecule has 0 unspecified atom stereocenters. The van der Waals surface area contributed by atoms with E-state index in [0.717, 1.165) is 31.7 Å². The molecule has 0 radical (unpaired) electrons. The Hall–Kier alpha value is -2.18. The molecular weight excluding hydrogens is 314 g/mol. The highest BCUT2D eigenvalue weighted by molar-refractivity contribution is 7.24. The molecule has 0 fully saturated rings. The molecule has 0 saturated carbocycles. The van der Waals surface area contributed by atoms with Crippen LogP contribution in [0.3, 0.4) is 0 Å². The lowest BCUT2D eigenvalue weighted by Crippen LogP contribution is -1.87. The summed E-state index contributed by atoms with van der Waals surface area (Å²) in [5, 5.41) is 5.04. The summed E-state index contributed by atoms with van der Waals surface area (Å²) in [6, 6.07) is 12.2. The zero-order valence-electron chi connectivity index (χ0n) is 12.1. The van der Waals surface area contributed by atoms with Gasteiger partial charge in [-0.05, 0) is 30.7 Å². The molecule has 6 heteroatoms. The molecule has 0 spiro atoms. The van der Waals surface area contributed by atoms with Gasteiger partial charge in [-0.2, -0.15) is 0 Å². The molecule has 22 heavy (non-hydrogen) atoms. The maximum Gasteiger partial charge on any atom is 0.190 e. The first-order valence-corrected chi connectivity index (χ1v) is 8.44. The Morgan fingerprint density at radius 3 is 2.64 bits per heavy atom. The van der Waals surface area contributed by atoms with Crippen LogP contribution < -0.4 is 10.1 Å². The average Bonchev–Trinajstić information content (AvgIpc) is 3.10. The van der Waals surface area contributed by atoms with Gasteiger partial charge in [0.15, 0.2) is 10.3 Å².